The summed E-state index contributed by atoms with van der Waals surface area (Å²) in [6.45, 7) is 0.506. The van der Waals surface area contributed by atoms with Crippen LogP contribution in [0.5, 0.6) is 0 Å². The van der Waals surface area contributed by atoms with Crippen LogP contribution in [0, 0.1) is 0 Å². The zero-order chi connectivity index (χ0) is 6.69. The van der Waals surface area contributed by atoms with Crippen LogP contribution in [-0.4, -0.2) is 32.6 Å². The van der Waals surface area contributed by atoms with E-state index in [0.29, 0.717) is 6.61 Å². The Bertz CT molecular complexity index is 106. The molecule has 0 spiro atoms. The topological polar surface area (TPSA) is 44.8 Å². The van der Waals surface area contributed by atoms with Crippen LogP contribution in [0.15, 0.2) is 0 Å². The van der Waals surface area contributed by atoms with Gasteiger partial charge in [-0.25, -0.2) is 4.79 Å². The number of esters is 1. The van der Waals surface area contributed by atoms with E-state index in [2.05, 4.69) is 4.74 Å². The number of hydrogen-bond acceptors (Lipinski definition) is 4. The Morgan fingerprint density at radius 3 is 3.00 bits per heavy atom. The van der Waals surface area contributed by atoms with Gasteiger partial charge in [-0.3, -0.25) is 0 Å². The van der Waals surface area contributed by atoms with Gasteiger partial charge in [0.15, 0.2) is 6.10 Å². The van der Waals surface area contributed by atoms with Gasteiger partial charge in [-0.15, -0.1) is 0 Å². The summed E-state index contributed by atoms with van der Waals surface area (Å²) in [7, 11) is 1.32. The van der Waals surface area contributed by atoms with Crippen molar-refractivity contribution >= 4 is 5.97 Å². The number of rotatable bonds is 1. The van der Waals surface area contributed by atoms with Gasteiger partial charge in [0.1, 0.15) is 6.79 Å². The molecule has 52 valence electrons. The van der Waals surface area contributed by atoms with Crippen molar-refractivity contribution in [2.75, 3.05) is 20.5 Å². The number of hydrogen-bond donors (Lipinski definition) is 0. The molecule has 1 rings (SSSR count). The molecule has 1 aliphatic rings. The minimum atomic E-state index is -0.505. The quantitative estimate of drug-likeness (QED) is 0.452. The number of carbonyl (C=O) groups excluding carboxylic acids is 1. The van der Waals surface area contributed by atoms with E-state index in [1.54, 1.807) is 0 Å². The molecule has 4 heteroatoms. The van der Waals surface area contributed by atoms with E-state index in [1.807, 2.05) is 0 Å². The summed E-state index contributed by atoms with van der Waals surface area (Å²) in [5, 5.41) is 0. The van der Waals surface area contributed by atoms with Crippen molar-refractivity contribution in [1.29, 1.82) is 0 Å². The zero-order valence-corrected chi connectivity index (χ0v) is 5.12. The van der Waals surface area contributed by atoms with Crippen molar-refractivity contribution in [1.82, 2.24) is 0 Å². The van der Waals surface area contributed by atoms with Crippen LogP contribution in [-0.2, 0) is 19.0 Å². The molecule has 1 atom stereocenters. The van der Waals surface area contributed by atoms with Gasteiger partial charge in [-0.1, -0.05) is 0 Å². The molecule has 4 nitrogen and oxygen atoms in total. The molecule has 1 fully saturated rings. The van der Waals surface area contributed by atoms with Crippen LogP contribution in [0.1, 0.15) is 0 Å². The normalized spacial score (nSPS) is 26.1. The number of methoxy groups -OCH3 is 1. The SMILES string of the molecule is COC(=O)C1COCO1. The lowest BCUT2D eigenvalue weighted by Crippen LogP contribution is -2.23. The summed E-state index contributed by atoms with van der Waals surface area (Å²) in [4.78, 5) is 10.6. The maximum absolute atomic E-state index is 10.6. The fourth-order valence-corrected chi connectivity index (χ4v) is 0.601. The molecule has 1 unspecified atom stereocenters. The average Bonchev–Trinajstić information content (AvgIpc) is 2.37. The van der Waals surface area contributed by atoms with Crippen molar-refractivity contribution in [3.8, 4) is 0 Å². The molecular formula is C5H8O4. The smallest absolute Gasteiger partial charge is 0.337 e. The van der Waals surface area contributed by atoms with E-state index in [-0.39, 0.29) is 12.8 Å². The Balaban J connectivity index is 2.32. The van der Waals surface area contributed by atoms with Crippen LogP contribution in [0.2, 0.25) is 0 Å². The molecule has 1 heterocycles. The lowest BCUT2D eigenvalue weighted by Gasteiger charge is -2.01. The summed E-state index contributed by atoms with van der Waals surface area (Å²) < 4.78 is 14.0. The van der Waals surface area contributed by atoms with Gasteiger partial charge in [0.05, 0.1) is 13.7 Å². The molecule has 1 aliphatic heterocycles. The molecule has 1 saturated heterocycles. The van der Waals surface area contributed by atoms with Crippen molar-refractivity contribution in [3.63, 3.8) is 0 Å². The number of carbonyl (C=O) groups is 1. The highest BCUT2D eigenvalue weighted by atomic mass is 16.7. The minimum absolute atomic E-state index is 0.194. The molecule has 0 amide bonds. The highest BCUT2D eigenvalue weighted by Crippen LogP contribution is 2.03. The third-order valence-electron chi connectivity index (χ3n) is 1.09. The predicted molar refractivity (Wildman–Crippen MR) is 27.7 cm³/mol. The average molecular weight is 132 g/mol. The van der Waals surface area contributed by atoms with Gasteiger partial charge in [0, 0.05) is 0 Å². The van der Waals surface area contributed by atoms with E-state index in [9.17, 15) is 4.79 Å². The molecular weight excluding hydrogens is 124 g/mol. The van der Waals surface area contributed by atoms with Gasteiger partial charge in [0.25, 0.3) is 0 Å². The van der Waals surface area contributed by atoms with Gasteiger partial charge in [-0.05, 0) is 0 Å². The Morgan fingerprint density at radius 2 is 2.56 bits per heavy atom. The molecule has 0 aromatic carbocycles. The Kier molecular flexibility index (Phi) is 2.02. The lowest BCUT2D eigenvalue weighted by molar-refractivity contribution is -0.150. The van der Waals surface area contributed by atoms with Crippen molar-refractivity contribution < 1.29 is 19.0 Å². The molecule has 0 aromatic heterocycles. The second kappa shape index (κ2) is 2.80. The summed E-state index contributed by atoms with van der Waals surface area (Å²) in [6, 6.07) is 0. The summed E-state index contributed by atoms with van der Waals surface area (Å²) in [5.41, 5.74) is 0. The van der Waals surface area contributed by atoms with E-state index < -0.39 is 6.10 Å². The van der Waals surface area contributed by atoms with Crippen molar-refractivity contribution in [2.24, 2.45) is 0 Å². The van der Waals surface area contributed by atoms with Crippen molar-refractivity contribution in [2.45, 2.75) is 6.10 Å². The van der Waals surface area contributed by atoms with Crippen LogP contribution in [0.3, 0.4) is 0 Å². The van der Waals surface area contributed by atoms with Crippen LogP contribution >= 0.6 is 0 Å². The fourth-order valence-electron chi connectivity index (χ4n) is 0.601. The zero-order valence-electron chi connectivity index (χ0n) is 5.12. The predicted octanol–water partition coefficient (Wildman–Crippen LogP) is -0.468. The maximum Gasteiger partial charge on any atom is 0.337 e. The molecule has 0 N–H and O–H groups in total. The van der Waals surface area contributed by atoms with Gasteiger partial charge < -0.3 is 14.2 Å². The largest absolute Gasteiger partial charge is 0.467 e. The first-order valence-electron chi connectivity index (χ1n) is 2.62. The highest BCUT2D eigenvalue weighted by Gasteiger charge is 2.24. The fraction of sp³-hybridized carbons (Fsp3) is 0.800. The first-order valence-corrected chi connectivity index (χ1v) is 2.62. The Hall–Kier alpha value is -0.610. The van der Waals surface area contributed by atoms with Gasteiger partial charge in [0.2, 0.25) is 0 Å². The van der Waals surface area contributed by atoms with Crippen LogP contribution in [0.25, 0.3) is 0 Å². The van der Waals surface area contributed by atoms with E-state index in [4.69, 9.17) is 9.47 Å². The monoisotopic (exact) mass is 132 g/mol. The van der Waals surface area contributed by atoms with Crippen LogP contribution < -0.4 is 0 Å². The second-order valence-electron chi connectivity index (χ2n) is 1.67. The summed E-state index contributed by atoms with van der Waals surface area (Å²) >= 11 is 0. The van der Waals surface area contributed by atoms with E-state index in [1.165, 1.54) is 7.11 Å². The van der Waals surface area contributed by atoms with Gasteiger partial charge in [-0.2, -0.15) is 0 Å². The Labute approximate surface area is 52.7 Å². The molecule has 9 heavy (non-hydrogen) atoms. The molecule has 0 aliphatic carbocycles. The summed E-state index contributed by atoms with van der Waals surface area (Å²) in [6.07, 6.45) is -0.505. The first kappa shape index (κ1) is 6.51. The molecule has 0 saturated carbocycles. The van der Waals surface area contributed by atoms with E-state index in [0.717, 1.165) is 0 Å². The first-order chi connectivity index (χ1) is 4.34. The summed E-state index contributed by atoms with van der Waals surface area (Å²) in [5.74, 6) is -0.368. The molecule has 0 radical (unpaired) electrons. The third-order valence-corrected chi connectivity index (χ3v) is 1.09. The lowest BCUT2D eigenvalue weighted by atomic mass is 10.4. The standard InChI is InChI=1S/C5H8O4/c1-7-5(6)4-2-8-3-9-4/h4H,2-3H2,1H3. The maximum atomic E-state index is 10.6. The number of ether oxygens (including phenoxy) is 3. The molecule has 0 bridgehead atoms. The Morgan fingerprint density at radius 1 is 1.78 bits per heavy atom. The van der Waals surface area contributed by atoms with Crippen LogP contribution in [0.4, 0.5) is 0 Å². The third kappa shape index (κ3) is 1.40. The van der Waals surface area contributed by atoms with Gasteiger partial charge >= 0.3 is 5.97 Å². The van der Waals surface area contributed by atoms with E-state index >= 15 is 0 Å². The van der Waals surface area contributed by atoms with Crippen molar-refractivity contribution in [3.05, 3.63) is 0 Å². The highest BCUT2D eigenvalue weighted by molar-refractivity contribution is 5.74. The molecule has 0 aromatic rings. The second-order valence-corrected chi connectivity index (χ2v) is 1.67. The minimum Gasteiger partial charge on any atom is -0.467 e.